The summed E-state index contributed by atoms with van der Waals surface area (Å²) in [6.07, 6.45) is 4.82. The van der Waals surface area contributed by atoms with Gasteiger partial charge in [-0.1, -0.05) is 24.1 Å². The second-order valence-electron chi connectivity index (χ2n) is 6.78. The first kappa shape index (κ1) is 17.8. The van der Waals surface area contributed by atoms with Gasteiger partial charge < -0.3 is 13.7 Å². The van der Waals surface area contributed by atoms with Crippen molar-refractivity contribution in [2.45, 2.75) is 51.2 Å². The van der Waals surface area contributed by atoms with E-state index in [-0.39, 0.29) is 13.2 Å². The minimum Gasteiger partial charge on any atom is -0.443 e. The Hall–Kier alpha value is -2.61. The number of halogens is 2. The summed E-state index contributed by atoms with van der Waals surface area (Å²) in [5, 5.41) is 4.07. The van der Waals surface area contributed by atoms with E-state index in [0.29, 0.717) is 41.8 Å². The molecule has 142 valence electrons. The van der Waals surface area contributed by atoms with Crippen LogP contribution in [0.5, 0.6) is 0 Å². The quantitative estimate of drug-likeness (QED) is 0.642. The average Bonchev–Trinajstić information content (AvgIpc) is 3.36. The molecule has 4 rings (SSSR count). The number of ether oxygens (including phenoxy) is 1. The summed E-state index contributed by atoms with van der Waals surface area (Å²) < 4.78 is 43.9. The molecule has 6 nitrogen and oxygen atoms in total. The molecule has 1 aromatic carbocycles. The molecule has 0 aliphatic heterocycles. The lowest BCUT2D eigenvalue weighted by Gasteiger charge is -2.26. The number of hydrogen-bond donors (Lipinski definition) is 0. The van der Waals surface area contributed by atoms with E-state index in [1.807, 2.05) is 0 Å². The Morgan fingerprint density at radius 1 is 1.15 bits per heavy atom. The molecule has 8 heteroatoms. The number of aryl methyl sites for hydroxylation is 1. The van der Waals surface area contributed by atoms with Gasteiger partial charge in [0.2, 0.25) is 5.89 Å². The van der Waals surface area contributed by atoms with Crippen molar-refractivity contribution in [1.82, 2.24) is 15.1 Å². The third kappa shape index (κ3) is 3.49. The number of benzene rings is 1. The Kier molecular flexibility index (Phi) is 4.73. The Bertz CT molecular complexity index is 932. The van der Waals surface area contributed by atoms with E-state index in [0.717, 1.165) is 18.9 Å². The lowest BCUT2D eigenvalue weighted by atomic mass is 9.78. The van der Waals surface area contributed by atoms with Gasteiger partial charge in [-0.05, 0) is 25.8 Å². The first-order valence-corrected chi connectivity index (χ1v) is 8.84. The van der Waals surface area contributed by atoms with Crippen LogP contribution in [0.1, 0.15) is 54.6 Å². The molecule has 0 unspecified atom stereocenters. The molecule has 2 heterocycles. The predicted octanol–water partition coefficient (Wildman–Crippen LogP) is 4.22. The van der Waals surface area contributed by atoms with Crippen LogP contribution in [-0.4, -0.2) is 15.1 Å². The maximum Gasteiger partial charge on any atom is 0.252 e. The Labute approximate surface area is 154 Å². The SMILES string of the molecule is Cc1cnc(COCc2nc(C3(c4ccc(F)cc4F)CCCC3)no2)o1. The largest absolute Gasteiger partial charge is 0.443 e. The number of rotatable bonds is 6. The standard InChI is InChI=1S/C19H19F2N3O3/c1-12-9-22-16(26-12)10-25-11-17-23-18(24-27-17)19(6-2-3-7-19)14-5-4-13(20)8-15(14)21/h4-5,8-9H,2-3,6-7,10-11H2,1H3. The molecule has 0 bridgehead atoms. The molecule has 0 atom stereocenters. The van der Waals surface area contributed by atoms with Crippen LogP contribution in [0.4, 0.5) is 8.78 Å². The molecule has 0 radical (unpaired) electrons. The molecule has 0 N–H and O–H groups in total. The van der Waals surface area contributed by atoms with Crippen LogP contribution < -0.4 is 0 Å². The van der Waals surface area contributed by atoms with Crippen molar-refractivity contribution in [3.63, 3.8) is 0 Å². The van der Waals surface area contributed by atoms with E-state index < -0.39 is 17.0 Å². The number of aromatic nitrogens is 3. The Morgan fingerprint density at radius 3 is 2.63 bits per heavy atom. The van der Waals surface area contributed by atoms with Crippen LogP contribution in [-0.2, 0) is 23.4 Å². The molecule has 1 saturated carbocycles. The zero-order valence-electron chi connectivity index (χ0n) is 14.9. The van der Waals surface area contributed by atoms with Gasteiger partial charge in [0.15, 0.2) is 5.82 Å². The van der Waals surface area contributed by atoms with Gasteiger partial charge in [0.05, 0.1) is 11.6 Å². The van der Waals surface area contributed by atoms with Crippen LogP contribution in [0.2, 0.25) is 0 Å². The number of hydrogen-bond acceptors (Lipinski definition) is 6. The maximum atomic E-state index is 14.5. The first-order chi connectivity index (χ1) is 13.1. The molecular weight excluding hydrogens is 356 g/mol. The van der Waals surface area contributed by atoms with Crippen LogP contribution >= 0.6 is 0 Å². The molecule has 1 fully saturated rings. The van der Waals surface area contributed by atoms with Crippen molar-refractivity contribution in [2.75, 3.05) is 0 Å². The van der Waals surface area contributed by atoms with E-state index in [9.17, 15) is 8.78 Å². The second-order valence-corrected chi connectivity index (χ2v) is 6.78. The van der Waals surface area contributed by atoms with Gasteiger partial charge in [-0.25, -0.2) is 13.8 Å². The maximum absolute atomic E-state index is 14.5. The van der Waals surface area contributed by atoms with Gasteiger partial charge in [0, 0.05) is 11.6 Å². The fraction of sp³-hybridized carbons (Fsp3) is 0.421. The molecular formula is C19H19F2N3O3. The topological polar surface area (TPSA) is 74.2 Å². The Balaban J connectivity index is 1.52. The van der Waals surface area contributed by atoms with Gasteiger partial charge in [0.1, 0.15) is 30.6 Å². The fourth-order valence-corrected chi connectivity index (χ4v) is 3.67. The van der Waals surface area contributed by atoms with E-state index in [1.54, 1.807) is 13.1 Å². The summed E-state index contributed by atoms with van der Waals surface area (Å²) in [6, 6.07) is 3.65. The highest BCUT2D eigenvalue weighted by Gasteiger charge is 2.43. The average molecular weight is 375 g/mol. The molecule has 2 aromatic heterocycles. The van der Waals surface area contributed by atoms with Crippen LogP contribution in [0.25, 0.3) is 0 Å². The third-order valence-corrected chi connectivity index (χ3v) is 4.92. The predicted molar refractivity (Wildman–Crippen MR) is 89.6 cm³/mol. The van der Waals surface area contributed by atoms with Crippen molar-refractivity contribution in [1.29, 1.82) is 0 Å². The highest BCUT2D eigenvalue weighted by atomic mass is 19.1. The lowest BCUT2D eigenvalue weighted by molar-refractivity contribution is 0.0699. The van der Waals surface area contributed by atoms with Crippen molar-refractivity contribution in [2.24, 2.45) is 0 Å². The lowest BCUT2D eigenvalue weighted by Crippen LogP contribution is -2.27. The minimum atomic E-state index is -0.695. The van der Waals surface area contributed by atoms with Gasteiger partial charge >= 0.3 is 0 Å². The van der Waals surface area contributed by atoms with E-state index in [4.69, 9.17) is 13.7 Å². The zero-order chi connectivity index (χ0) is 18.9. The smallest absolute Gasteiger partial charge is 0.252 e. The van der Waals surface area contributed by atoms with Crippen molar-refractivity contribution < 1.29 is 22.5 Å². The van der Waals surface area contributed by atoms with Gasteiger partial charge in [-0.2, -0.15) is 4.98 Å². The fourth-order valence-electron chi connectivity index (χ4n) is 3.67. The second kappa shape index (κ2) is 7.19. The summed E-state index contributed by atoms with van der Waals surface area (Å²) in [5.74, 6) is 0.691. The monoisotopic (exact) mass is 375 g/mol. The van der Waals surface area contributed by atoms with E-state index in [1.165, 1.54) is 12.1 Å². The summed E-state index contributed by atoms with van der Waals surface area (Å²) >= 11 is 0. The molecule has 3 aromatic rings. The zero-order valence-corrected chi connectivity index (χ0v) is 14.9. The first-order valence-electron chi connectivity index (χ1n) is 8.84. The summed E-state index contributed by atoms with van der Waals surface area (Å²) in [5.41, 5.74) is -0.288. The highest BCUT2D eigenvalue weighted by molar-refractivity contribution is 5.35. The highest BCUT2D eigenvalue weighted by Crippen LogP contribution is 2.46. The van der Waals surface area contributed by atoms with Crippen molar-refractivity contribution in [3.8, 4) is 0 Å². The molecule has 0 saturated heterocycles. The normalized spacial score (nSPS) is 16.1. The molecule has 27 heavy (non-hydrogen) atoms. The summed E-state index contributed by atoms with van der Waals surface area (Å²) in [7, 11) is 0. The molecule has 0 spiro atoms. The third-order valence-electron chi connectivity index (χ3n) is 4.92. The Morgan fingerprint density at radius 2 is 1.93 bits per heavy atom. The van der Waals surface area contributed by atoms with Crippen molar-refractivity contribution >= 4 is 0 Å². The minimum absolute atomic E-state index is 0.0937. The number of nitrogens with zero attached hydrogens (tertiary/aromatic N) is 3. The van der Waals surface area contributed by atoms with Crippen molar-refractivity contribution in [3.05, 3.63) is 65.0 Å². The molecule has 1 aliphatic rings. The van der Waals surface area contributed by atoms with Crippen LogP contribution in [0.15, 0.2) is 33.3 Å². The number of oxazole rings is 1. The summed E-state index contributed by atoms with van der Waals surface area (Å²) in [4.78, 5) is 8.48. The van der Waals surface area contributed by atoms with Crippen LogP contribution in [0.3, 0.4) is 0 Å². The molecule has 0 amide bonds. The van der Waals surface area contributed by atoms with E-state index >= 15 is 0 Å². The van der Waals surface area contributed by atoms with Gasteiger partial charge in [-0.3, -0.25) is 0 Å². The summed E-state index contributed by atoms with van der Waals surface area (Å²) in [6.45, 7) is 2.08. The van der Waals surface area contributed by atoms with E-state index in [2.05, 4.69) is 15.1 Å². The molecule has 1 aliphatic carbocycles. The van der Waals surface area contributed by atoms with Gasteiger partial charge in [-0.15, -0.1) is 0 Å². The van der Waals surface area contributed by atoms with Crippen LogP contribution in [0, 0.1) is 18.6 Å². The van der Waals surface area contributed by atoms with Gasteiger partial charge in [0.25, 0.3) is 5.89 Å².